The number of hydrogen-bond acceptors (Lipinski definition) is 5. The van der Waals surface area contributed by atoms with Crippen molar-refractivity contribution in [2.24, 2.45) is 0 Å². The van der Waals surface area contributed by atoms with Gasteiger partial charge in [0.1, 0.15) is 9.90 Å². The second-order valence-electron chi connectivity index (χ2n) is 2.32. The van der Waals surface area contributed by atoms with E-state index in [1.165, 1.54) is 0 Å². The van der Waals surface area contributed by atoms with E-state index in [9.17, 15) is 13.2 Å². The maximum absolute atomic E-state index is 11.2. The van der Waals surface area contributed by atoms with Gasteiger partial charge in [0.2, 0.25) is 10.0 Å². The first-order valence-electron chi connectivity index (χ1n) is 3.14. The molecule has 1 amide bonds. The minimum Gasteiger partial charge on any atom is -0.267 e. The first-order valence-corrected chi connectivity index (χ1v) is 6.56. The minimum absolute atomic E-state index is 0.0182. The number of aromatic nitrogens is 1. The molecule has 1 N–H and O–H groups in total. The van der Waals surface area contributed by atoms with E-state index >= 15 is 0 Å². The molecule has 9 heteroatoms. The Balaban J connectivity index is 2.97. The normalized spacial score (nSPS) is 11.4. The molecule has 1 rings (SSSR count). The van der Waals surface area contributed by atoms with Crippen LogP contribution in [0.3, 0.4) is 0 Å². The van der Waals surface area contributed by atoms with Gasteiger partial charge in [-0.25, -0.2) is 13.1 Å². The first kappa shape index (κ1) is 11.7. The number of carbonyl (C=O) groups is 1. The summed E-state index contributed by atoms with van der Waals surface area (Å²) in [5.74, 6) is -0.832. The highest BCUT2D eigenvalue weighted by Gasteiger charge is 2.19. The average Bonchev–Trinajstić information content (AvgIpc) is 2.29. The van der Waals surface area contributed by atoms with Crippen molar-refractivity contribution in [2.45, 2.75) is 0 Å². The van der Waals surface area contributed by atoms with Crippen LogP contribution in [0.5, 0.6) is 0 Å². The summed E-state index contributed by atoms with van der Waals surface area (Å²) in [5, 5.41) is -0.0619. The van der Waals surface area contributed by atoms with Crippen LogP contribution >= 0.6 is 34.7 Å². The molecule has 14 heavy (non-hydrogen) atoms. The van der Waals surface area contributed by atoms with Gasteiger partial charge in [0.15, 0.2) is 5.15 Å². The van der Waals surface area contributed by atoms with Gasteiger partial charge in [-0.05, 0) is 11.5 Å². The third kappa shape index (κ3) is 2.81. The Hall–Kier alpha value is -0.370. The van der Waals surface area contributed by atoms with E-state index in [2.05, 4.69) is 4.37 Å². The van der Waals surface area contributed by atoms with E-state index in [4.69, 9.17) is 23.2 Å². The van der Waals surface area contributed by atoms with Gasteiger partial charge in [0, 0.05) is 0 Å². The Morgan fingerprint density at radius 2 is 2.07 bits per heavy atom. The van der Waals surface area contributed by atoms with Crippen LogP contribution in [0.4, 0.5) is 0 Å². The molecule has 0 saturated carbocycles. The third-order valence-corrected chi connectivity index (χ3v) is 3.43. The lowest BCUT2D eigenvalue weighted by Crippen LogP contribution is -2.28. The lowest BCUT2D eigenvalue weighted by atomic mass is 10.5. The molecule has 1 aromatic heterocycles. The summed E-state index contributed by atoms with van der Waals surface area (Å²) in [7, 11) is -3.60. The zero-order valence-electron chi connectivity index (χ0n) is 6.74. The zero-order chi connectivity index (χ0) is 10.9. The van der Waals surface area contributed by atoms with Gasteiger partial charge in [-0.1, -0.05) is 23.2 Å². The summed E-state index contributed by atoms with van der Waals surface area (Å²) in [5.41, 5.74) is 0. The Morgan fingerprint density at radius 1 is 1.50 bits per heavy atom. The molecule has 78 valence electrons. The van der Waals surface area contributed by atoms with Gasteiger partial charge >= 0.3 is 0 Å². The van der Waals surface area contributed by atoms with E-state index in [-0.39, 0.29) is 15.1 Å². The molecule has 0 aliphatic rings. The van der Waals surface area contributed by atoms with E-state index in [0.717, 1.165) is 17.8 Å². The largest absolute Gasteiger partial charge is 0.278 e. The molecule has 0 atom stereocenters. The lowest BCUT2D eigenvalue weighted by molar-refractivity contribution is 0.0985. The fourth-order valence-electron chi connectivity index (χ4n) is 0.615. The Bertz CT molecular complexity index is 467. The third-order valence-electron chi connectivity index (χ3n) is 1.08. The van der Waals surface area contributed by atoms with Crippen molar-refractivity contribution in [3.05, 3.63) is 15.1 Å². The molecule has 0 spiro atoms. The van der Waals surface area contributed by atoms with Gasteiger partial charge in [-0.15, -0.1) is 0 Å². The van der Waals surface area contributed by atoms with Gasteiger partial charge in [-0.2, -0.15) is 4.37 Å². The number of sulfonamides is 1. The average molecular weight is 275 g/mol. The van der Waals surface area contributed by atoms with Crippen LogP contribution in [0.25, 0.3) is 0 Å². The van der Waals surface area contributed by atoms with Gasteiger partial charge in [-0.3, -0.25) is 4.79 Å². The number of nitrogens with zero attached hydrogens (tertiary/aromatic N) is 1. The van der Waals surface area contributed by atoms with Crippen LogP contribution in [0, 0.1) is 0 Å². The smallest absolute Gasteiger partial charge is 0.267 e. The van der Waals surface area contributed by atoms with Crippen molar-refractivity contribution in [2.75, 3.05) is 6.26 Å². The molecule has 0 aliphatic heterocycles. The Morgan fingerprint density at radius 3 is 2.43 bits per heavy atom. The van der Waals surface area contributed by atoms with Crippen molar-refractivity contribution < 1.29 is 13.2 Å². The zero-order valence-corrected chi connectivity index (χ0v) is 9.89. The molecule has 0 fully saturated rings. The minimum atomic E-state index is -3.60. The SMILES string of the molecule is CS(=O)(=O)NC(=O)c1snc(Cl)c1Cl. The van der Waals surface area contributed by atoms with Crippen LogP contribution in [0.2, 0.25) is 10.2 Å². The molecule has 0 unspecified atom stereocenters. The first-order chi connectivity index (χ1) is 6.31. The molecule has 0 bridgehead atoms. The Labute approximate surface area is 94.2 Å². The fraction of sp³-hybridized carbons (Fsp3) is 0.200. The predicted molar refractivity (Wildman–Crippen MR) is 54.4 cm³/mol. The number of halogens is 2. The van der Waals surface area contributed by atoms with Crippen LogP contribution in [-0.4, -0.2) is 25.0 Å². The standard InChI is InChI=1S/C5H4Cl2N2O3S2/c1-14(11,12)9-5(10)3-2(6)4(7)8-13-3/h1H3,(H,9,10). The van der Waals surface area contributed by atoms with Crippen molar-refractivity contribution in [3.8, 4) is 0 Å². The molecule has 0 aromatic carbocycles. The second kappa shape index (κ2) is 4.01. The van der Waals surface area contributed by atoms with Gasteiger partial charge in [0.05, 0.1) is 6.26 Å². The number of nitrogens with one attached hydrogen (secondary N) is 1. The molecule has 0 radical (unpaired) electrons. The highest BCUT2D eigenvalue weighted by Crippen LogP contribution is 2.28. The van der Waals surface area contributed by atoms with Crippen LogP contribution in [-0.2, 0) is 10.0 Å². The van der Waals surface area contributed by atoms with Crippen molar-refractivity contribution >= 4 is 50.7 Å². The summed E-state index contributed by atoms with van der Waals surface area (Å²) in [6.07, 6.45) is 0.863. The van der Waals surface area contributed by atoms with E-state index in [1.54, 1.807) is 4.72 Å². The molecule has 5 nitrogen and oxygen atoms in total. The van der Waals surface area contributed by atoms with E-state index in [0.29, 0.717) is 0 Å². The monoisotopic (exact) mass is 274 g/mol. The summed E-state index contributed by atoms with van der Waals surface area (Å²) in [4.78, 5) is 11.2. The quantitative estimate of drug-likeness (QED) is 0.878. The molecule has 1 heterocycles. The van der Waals surface area contributed by atoms with Crippen LogP contribution in [0.1, 0.15) is 9.67 Å². The van der Waals surface area contributed by atoms with Crippen LogP contribution in [0.15, 0.2) is 0 Å². The summed E-state index contributed by atoms with van der Waals surface area (Å²) in [6.45, 7) is 0. The topological polar surface area (TPSA) is 76.1 Å². The summed E-state index contributed by atoms with van der Waals surface area (Å²) >= 11 is 11.8. The highest BCUT2D eigenvalue weighted by atomic mass is 35.5. The maximum atomic E-state index is 11.2. The summed E-state index contributed by atoms with van der Waals surface area (Å²) in [6, 6.07) is 0. The molecule has 1 aromatic rings. The Kier molecular flexibility index (Phi) is 3.36. The fourth-order valence-corrected chi connectivity index (χ4v) is 2.23. The lowest BCUT2D eigenvalue weighted by Gasteiger charge is -1.98. The van der Waals surface area contributed by atoms with Crippen molar-refractivity contribution in [3.63, 3.8) is 0 Å². The van der Waals surface area contributed by atoms with Gasteiger partial charge < -0.3 is 0 Å². The van der Waals surface area contributed by atoms with Crippen molar-refractivity contribution in [1.82, 2.24) is 9.10 Å². The van der Waals surface area contributed by atoms with Crippen LogP contribution < -0.4 is 4.72 Å². The molecule has 0 aliphatic carbocycles. The second-order valence-corrected chi connectivity index (χ2v) is 5.58. The molecular formula is C5H4Cl2N2O3S2. The van der Waals surface area contributed by atoms with Crippen molar-refractivity contribution in [1.29, 1.82) is 0 Å². The van der Waals surface area contributed by atoms with E-state index < -0.39 is 15.9 Å². The number of amides is 1. The molecule has 0 saturated heterocycles. The van der Waals surface area contributed by atoms with E-state index in [1.807, 2.05) is 0 Å². The maximum Gasteiger partial charge on any atom is 0.278 e. The number of carbonyl (C=O) groups excluding carboxylic acids is 1. The highest BCUT2D eigenvalue weighted by molar-refractivity contribution is 7.89. The summed E-state index contributed by atoms with van der Waals surface area (Å²) < 4.78 is 26.8. The number of hydrogen-bond donors (Lipinski definition) is 1. The van der Waals surface area contributed by atoms with Gasteiger partial charge in [0.25, 0.3) is 5.91 Å². The number of rotatable bonds is 2. The molecular weight excluding hydrogens is 271 g/mol. The predicted octanol–water partition coefficient (Wildman–Crippen LogP) is 1.14.